The molecule has 24 heavy (non-hydrogen) atoms. The standard InChI is InChI=1S/C16H20N4O4/c1-5-23-15-12(7-6-8-17-15)16(22)24-9-13(21)18-14-10(2)19-20(4)11(14)3/h6-8H,5,9H2,1-4H3,(H,18,21). The summed E-state index contributed by atoms with van der Waals surface area (Å²) in [6, 6.07) is 3.13. The van der Waals surface area contributed by atoms with Crippen molar-refractivity contribution in [3.05, 3.63) is 35.3 Å². The fourth-order valence-corrected chi connectivity index (χ4v) is 2.14. The molecule has 0 aromatic carbocycles. The van der Waals surface area contributed by atoms with Gasteiger partial charge in [-0.2, -0.15) is 5.10 Å². The summed E-state index contributed by atoms with van der Waals surface area (Å²) < 4.78 is 12.0. The second-order valence-corrected chi connectivity index (χ2v) is 5.08. The summed E-state index contributed by atoms with van der Waals surface area (Å²) in [5, 5.41) is 6.91. The maximum absolute atomic E-state index is 12.1. The van der Waals surface area contributed by atoms with Crippen molar-refractivity contribution in [2.24, 2.45) is 7.05 Å². The molecule has 8 nitrogen and oxygen atoms in total. The molecule has 0 atom stereocenters. The van der Waals surface area contributed by atoms with Gasteiger partial charge in [-0.1, -0.05) is 0 Å². The molecule has 1 amide bonds. The molecule has 0 bridgehead atoms. The molecule has 0 aliphatic heterocycles. The van der Waals surface area contributed by atoms with Crippen molar-refractivity contribution in [1.82, 2.24) is 14.8 Å². The molecule has 2 aromatic heterocycles. The predicted octanol–water partition coefficient (Wildman–Crippen LogP) is 1.63. The van der Waals surface area contributed by atoms with E-state index in [9.17, 15) is 9.59 Å². The number of hydrogen-bond donors (Lipinski definition) is 1. The highest BCUT2D eigenvalue weighted by atomic mass is 16.5. The molecule has 0 radical (unpaired) electrons. The number of anilines is 1. The van der Waals surface area contributed by atoms with Crippen LogP contribution in [0.3, 0.4) is 0 Å². The molecule has 0 aliphatic carbocycles. The largest absolute Gasteiger partial charge is 0.477 e. The maximum atomic E-state index is 12.1. The minimum atomic E-state index is -0.665. The lowest BCUT2D eigenvalue weighted by atomic mass is 10.3. The number of nitrogens with zero attached hydrogens (tertiary/aromatic N) is 3. The van der Waals surface area contributed by atoms with Gasteiger partial charge in [-0.15, -0.1) is 0 Å². The van der Waals surface area contributed by atoms with E-state index >= 15 is 0 Å². The molecule has 0 aliphatic rings. The van der Waals surface area contributed by atoms with Gasteiger partial charge >= 0.3 is 5.97 Å². The van der Waals surface area contributed by atoms with Crippen LogP contribution in [-0.2, 0) is 16.6 Å². The van der Waals surface area contributed by atoms with Crippen LogP contribution in [0.4, 0.5) is 5.69 Å². The molecule has 0 fully saturated rings. The van der Waals surface area contributed by atoms with Crippen molar-refractivity contribution in [2.45, 2.75) is 20.8 Å². The normalized spacial score (nSPS) is 10.3. The number of aryl methyl sites for hydroxylation is 2. The van der Waals surface area contributed by atoms with Gasteiger partial charge in [0.05, 0.1) is 23.7 Å². The van der Waals surface area contributed by atoms with Crippen LogP contribution < -0.4 is 10.1 Å². The number of ether oxygens (including phenoxy) is 2. The van der Waals surface area contributed by atoms with E-state index in [4.69, 9.17) is 9.47 Å². The topological polar surface area (TPSA) is 95.3 Å². The van der Waals surface area contributed by atoms with Gasteiger partial charge in [-0.3, -0.25) is 9.48 Å². The van der Waals surface area contributed by atoms with Gasteiger partial charge in [0, 0.05) is 13.2 Å². The second kappa shape index (κ2) is 7.58. The fraction of sp³-hybridized carbons (Fsp3) is 0.375. The van der Waals surface area contributed by atoms with E-state index in [1.165, 1.54) is 12.3 Å². The Hall–Kier alpha value is -2.90. The zero-order valence-electron chi connectivity index (χ0n) is 14.1. The highest BCUT2D eigenvalue weighted by molar-refractivity contribution is 5.96. The predicted molar refractivity (Wildman–Crippen MR) is 87.0 cm³/mol. The molecule has 2 heterocycles. The van der Waals surface area contributed by atoms with Gasteiger partial charge in [0.1, 0.15) is 5.56 Å². The van der Waals surface area contributed by atoms with Crippen molar-refractivity contribution in [2.75, 3.05) is 18.5 Å². The fourth-order valence-electron chi connectivity index (χ4n) is 2.14. The van der Waals surface area contributed by atoms with Crippen LogP contribution in [-0.4, -0.2) is 39.9 Å². The Labute approximate surface area is 139 Å². The Kier molecular flexibility index (Phi) is 5.51. The van der Waals surface area contributed by atoms with Crippen LogP contribution in [0.25, 0.3) is 0 Å². The van der Waals surface area contributed by atoms with E-state index in [2.05, 4.69) is 15.4 Å². The van der Waals surface area contributed by atoms with Crippen LogP contribution >= 0.6 is 0 Å². The third-order valence-corrected chi connectivity index (χ3v) is 3.38. The molecular formula is C16H20N4O4. The first-order valence-corrected chi connectivity index (χ1v) is 7.49. The smallest absolute Gasteiger partial charge is 0.344 e. The monoisotopic (exact) mass is 332 g/mol. The lowest BCUT2D eigenvalue weighted by molar-refractivity contribution is -0.119. The minimum Gasteiger partial charge on any atom is -0.477 e. The Balaban J connectivity index is 1.98. The summed E-state index contributed by atoms with van der Waals surface area (Å²) in [7, 11) is 1.79. The molecule has 0 saturated carbocycles. The minimum absolute atomic E-state index is 0.181. The average Bonchev–Trinajstić information content (AvgIpc) is 2.80. The van der Waals surface area contributed by atoms with E-state index in [1.54, 1.807) is 31.6 Å². The lowest BCUT2D eigenvalue weighted by Gasteiger charge is -2.09. The van der Waals surface area contributed by atoms with Crippen LogP contribution in [0.15, 0.2) is 18.3 Å². The first-order valence-electron chi connectivity index (χ1n) is 7.49. The summed E-state index contributed by atoms with van der Waals surface area (Å²) in [6.07, 6.45) is 1.52. The van der Waals surface area contributed by atoms with Crippen LogP contribution in [0.1, 0.15) is 28.7 Å². The summed E-state index contributed by atoms with van der Waals surface area (Å²) in [5.74, 6) is -0.921. The summed E-state index contributed by atoms with van der Waals surface area (Å²) in [4.78, 5) is 28.1. The first-order chi connectivity index (χ1) is 11.4. The second-order valence-electron chi connectivity index (χ2n) is 5.08. The SMILES string of the molecule is CCOc1ncccc1C(=O)OCC(=O)Nc1c(C)nn(C)c1C. The number of rotatable bonds is 6. The summed E-state index contributed by atoms with van der Waals surface area (Å²) in [5.41, 5.74) is 2.31. The average molecular weight is 332 g/mol. The van der Waals surface area contributed by atoms with Crippen molar-refractivity contribution in [1.29, 1.82) is 0 Å². The summed E-state index contributed by atoms with van der Waals surface area (Å²) in [6.45, 7) is 5.38. The Morgan fingerprint density at radius 2 is 2.08 bits per heavy atom. The van der Waals surface area contributed by atoms with Crippen LogP contribution in [0, 0.1) is 13.8 Å². The van der Waals surface area contributed by atoms with Gasteiger partial charge in [0.25, 0.3) is 5.91 Å². The number of nitrogens with one attached hydrogen (secondary N) is 1. The zero-order chi connectivity index (χ0) is 17.7. The number of hydrogen-bond acceptors (Lipinski definition) is 6. The van der Waals surface area contributed by atoms with Gasteiger partial charge in [0.2, 0.25) is 5.88 Å². The number of aromatic nitrogens is 3. The Bertz CT molecular complexity index is 755. The maximum Gasteiger partial charge on any atom is 0.344 e. The van der Waals surface area contributed by atoms with Gasteiger partial charge in [-0.05, 0) is 32.9 Å². The highest BCUT2D eigenvalue weighted by Gasteiger charge is 2.18. The van der Waals surface area contributed by atoms with Gasteiger partial charge < -0.3 is 14.8 Å². The van der Waals surface area contributed by atoms with E-state index in [0.717, 1.165) is 5.69 Å². The van der Waals surface area contributed by atoms with E-state index < -0.39 is 18.5 Å². The molecule has 1 N–H and O–H groups in total. The van der Waals surface area contributed by atoms with Crippen molar-refractivity contribution < 1.29 is 19.1 Å². The Morgan fingerprint density at radius 3 is 2.71 bits per heavy atom. The number of amides is 1. The number of carbonyl (C=O) groups is 2. The molecule has 0 saturated heterocycles. The van der Waals surface area contributed by atoms with Gasteiger partial charge in [0.15, 0.2) is 6.61 Å². The third-order valence-electron chi connectivity index (χ3n) is 3.38. The highest BCUT2D eigenvalue weighted by Crippen LogP contribution is 2.18. The third kappa shape index (κ3) is 3.89. The van der Waals surface area contributed by atoms with E-state index in [-0.39, 0.29) is 11.4 Å². The van der Waals surface area contributed by atoms with Crippen LogP contribution in [0.5, 0.6) is 5.88 Å². The molecule has 2 aromatic rings. The van der Waals surface area contributed by atoms with Crippen molar-refractivity contribution in [3.8, 4) is 5.88 Å². The Morgan fingerprint density at radius 1 is 1.33 bits per heavy atom. The molecule has 0 unspecified atom stereocenters. The van der Waals surface area contributed by atoms with Crippen molar-refractivity contribution in [3.63, 3.8) is 0 Å². The zero-order valence-corrected chi connectivity index (χ0v) is 14.1. The van der Waals surface area contributed by atoms with Gasteiger partial charge in [-0.25, -0.2) is 9.78 Å². The molecule has 128 valence electrons. The molecule has 0 spiro atoms. The van der Waals surface area contributed by atoms with Crippen LogP contribution in [0.2, 0.25) is 0 Å². The first kappa shape index (κ1) is 17.5. The quantitative estimate of drug-likeness (QED) is 0.808. The molecule has 8 heteroatoms. The lowest BCUT2D eigenvalue weighted by Crippen LogP contribution is -2.22. The van der Waals surface area contributed by atoms with E-state index in [1.807, 2.05) is 6.92 Å². The summed E-state index contributed by atoms with van der Waals surface area (Å²) >= 11 is 0. The van der Waals surface area contributed by atoms with Crippen molar-refractivity contribution >= 4 is 17.6 Å². The van der Waals surface area contributed by atoms with E-state index in [0.29, 0.717) is 18.0 Å². The number of esters is 1. The molecular weight excluding hydrogens is 312 g/mol. The number of pyridine rings is 1. The number of carbonyl (C=O) groups excluding carboxylic acids is 2. The molecule has 2 rings (SSSR count).